The van der Waals surface area contributed by atoms with Gasteiger partial charge >= 0.3 is 0 Å². The Morgan fingerprint density at radius 2 is 2.22 bits per heavy atom. The van der Waals surface area contributed by atoms with E-state index in [4.69, 9.17) is 10.2 Å². The molecule has 0 saturated carbocycles. The summed E-state index contributed by atoms with van der Waals surface area (Å²) >= 11 is 0. The Kier molecular flexibility index (Phi) is 1.33. The highest BCUT2D eigenvalue weighted by Gasteiger charge is 2.03. The maximum atomic E-state index is 8.93. The second-order valence-electron chi connectivity index (χ2n) is 2.08. The highest BCUT2D eigenvalue weighted by Crippen LogP contribution is 2.14. The molecule has 1 aliphatic rings. The molecule has 2 nitrogen and oxygen atoms in total. The van der Waals surface area contributed by atoms with Crippen LogP contribution in [0, 0.1) is 0 Å². The maximum Gasteiger partial charge on any atom is 0.139 e. The Morgan fingerprint density at radius 3 is 2.67 bits per heavy atom. The van der Waals surface area contributed by atoms with Gasteiger partial charge in [-0.2, -0.15) is 0 Å². The molecule has 0 aromatic carbocycles. The Balaban J connectivity index is 2.96. The summed E-state index contributed by atoms with van der Waals surface area (Å²) in [6.07, 6.45) is 1.79. The molecule has 0 amide bonds. The molecule has 1 aliphatic carbocycles. The Bertz CT molecular complexity index is 217. The van der Waals surface area contributed by atoms with E-state index in [1.54, 1.807) is 6.92 Å². The van der Waals surface area contributed by atoms with Crippen LogP contribution in [0.1, 0.15) is 13.3 Å². The standard InChI is InChI=1S/C7H8O2/c1-5-4-6(8)2-3-7(5)9/h3,8-9H,4H2,1H3. The van der Waals surface area contributed by atoms with Crippen molar-refractivity contribution in [2.75, 3.05) is 0 Å². The zero-order valence-corrected chi connectivity index (χ0v) is 5.18. The summed E-state index contributed by atoms with van der Waals surface area (Å²) in [4.78, 5) is 0. The molecule has 0 aromatic rings. The molecule has 0 aromatic heterocycles. The van der Waals surface area contributed by atoms with Crippen molar-refractivity contribution in [2.24, 2.45) is 0 Å². The van der Waals surface area contributed by atoms with E-state index in [2.05, 4.69) is 5.73 Å². The van der Waals surface area contributed by atoms with Gasteiger partial charge in [0, 0.05) is 12.5 Å². The van der Waals surface area contributed by atoms with E-state index in [9.17, 15) is 0 Å². The highest BCUT2D eigenvalue weighted by molar-refractivity contribution is 5.25. The van der Waals surface area contributed by atoms with Crippen LogP contribution in [-0.2, 0) is 0 Å². The molecule has 0 radical (unpaired) electrons. The van der Waals surface area contributed by atoms with E-state index in [-0.39, 0.29) is 11.5 Å². The molecular weight excluding hydrogens is 116 g/mol. The molecule has 0 aliphatic heterocycles. The quantitative estimate of drug-likeness (QED) is 0.483. The first-order valence-corrected chi connectivity index (χ1v) is 2.73. The summed E-state index contributed by atoms with van der Waals surface area (Å²) in [5.74, 6) is 0.401. The summed E-state index contributed by atoms with van der Waals surface area (Å²) in [5, 5.41) is 17.8. The first-order valence-electron chi connectivity index (χ1n) is 2.73. The lowest BCUT2D eigenvalue weighted by Crippen LogP contribution is -1.91. The third-order valence-corrected chi connectivity index (χ3v) is 1.25. The second kappa shape index (κ2) is 2.00. The van der Waals surface area contributed by atoms with Crippen LogP contribution in [0.5, 0.6) is 0 Å². The van der Waals surface area contributed by atoms with Gasteiger partial charge in [-0.25, -0.2) is 0 Å². The van der Waals surface area contributed by atoms with Gasteiger partial charge in [-0.05, 0) is 12.5 Å². The lowest BCUT2D eigenvalue weighted by molar-refractivity contribution is 0.381. The van der Waals surface area contributed by atoms with Crippen molar-refractivity contribution < 1.29 is 10.2 Å². The summed E-state index contributed by atoms with van der Waals surface area (Å²) in [7, 11) is 0. The molecule has 0 atom stereocenters. The van der Waals surface area contributed by atoms with Gasteiger partial charge in [0.15, 0.2) is 0 Å². The van der Waals surface area contributed by atoms with Gasteiger partial charge < -0.3 is 10.2 Å². The molecule has 0 spiro atoms. The van der Waals surface area contributed by atoms with E-state index >= 15 is 0 Å². The van der Waals surface area contributed by atoms with E-state index in [0.29, 0.717) is 6.42 Å². The fourth-order valence-corrected chi connectivity index (χ4v) is 0.668. The van der Waals surface area contributed by atoms with Crippen LogP contribution in [-0.4, -0.2) is 10.2 Å². The van der Waals surface area contributed by atoms with E-state index in [0.717, 1.165) is 5.57 Å². The molecule has 0 saturated heterocycles. The molecule has 2 heteroatoms. The maximum absolute atomic E-state index is 8.93. The number of rotatable bonds is 0. The number of allylic oxidation sites excluding steroid dienone is 1. The zero-order chi connectivity index (χ0) is 6.85. The van der Waals surface area contributed by atoms with Crippen molar-refractivity contribution in [2.45, 2.75) is 13.3 Å². The first-order chi connectivity index (χ1) is 4.20. The number of hydrogen-bond donors (Lipinski definition) is 2. The average molecular weight is 124 g/mol. The monoisotopic (exact) mass is 124 g/mol. The van der Waals surface area contributed by atoms with Gasteiger partial charge in [0.05, 0.1) is 0 Å². The third kappa shape index (κ3) is 1.15. The largest absolute Gasteiger partial charge is 0.507 e. The summed E-state index contributed by atoms with van der Waals surface area (Å²) in [5.41, 5.74) is 3.29. The van der Waals surface area contributed by atoms with Crippen LogP contribution in [0.3, 0.4) is 0 Å². The van der Waals surface area contributed by atoms with Gasteiger partial charge in [-0.15, -0.1) is 0 Å². The van der Waals surface area contributed by atoms with Crippen LogP contribution in [0.15, 0.2) is 28.9 Å². The fraction of sp³-hybridized carbons (Fsp3) is 0.286. The van der Waals surface area contributed by atoms with Crippen molar-refractivity contribution >= 4 is 0 Å². The minimum atomic E-state index is 0.185. The SMILES string of the molecule is CC1=C(O)C=C=C(O)C1. The van der Waals surface area contributed by atoms with Gasteiger partial charge in [-0.3, -0.25) is 0 Å². The van der Waals surface area contributed by atoms with Gasteiger partial charge in [0.2, 0.25) is 0 Å². The smallest absolute Gasteiger partial charge is 0.139 e. The minimum Gasteiger partial charge on any atom is -0.507 e. The predicted molar refractivity (Wildman–Crippen MR) is 34.2 cm³/mol. The van der Waals surface area contributed by atoms with Crippen LogP contribution in [0.25, 0.3) is 0 Å². The molecule has 9 heavy (non-hydrogen) atoms. The molecule has 0 heterocycles. The average Bonchev–Trinajstić information content (AvgIpc) is 1.80. The minimum absolute atomic E-state index is 0.185. The lowest BCUT2D eigenvalue weighted by atomic mass is 10.1. The van der Waals surface area contributed by atoms with E-state index in [1.807, 2.05) is 0 Å². The van der Waals surface area contributed by atoms with Crippen LogP contribution in [0.4, 0.5) is 0 Å². The zero-order valence-electron chi connectivity index (χ0n) is 5.18. The Morgan fingerprint density at radius 1 is 1.56 bits per heavy atom. The van der Waals surface area contributed by atoms with Crippen LogP contribution >= 0.6 is 0 Å². The van der Waals surface area contributed by atoms with Crippen LogP contribution < -0.4 is 0 Å². The van der Waals surface area contributed by atoms with E-state index in [1.165, 1.54) is 6.08 Å². The second-order valence-corrected chi connectivity index (χ2v) is 2.08. The lowest BCUT2D eigenvalue weighted by Gasteiger charge is -2.03. The fourth-order valence-electron chi connectivity index (χ4n) is 0.668. The summed E-state index contributed by atoms with van der Waals surface area (Å²) in [6.45, 7) is 1.77. The Labute approximate surface area is 53.4 Å². The van der Waals surface area contributed by atoms with Crippen molar-refractivity contribution in [1.29, 1.82) is 0 Å². The molecule has 2 N–H and O–H groups in total. The van der Waals surface area contributed by atoms with Crippen LogP contribution in [0.2, 0.25) is 0 Å². The van der Waals surface area contributed by atoms with Crippen molar-refractivity contribution in [3.63, 3.8) is 0 Å². The topological polar surface area (TPSA) is 40.5 Å². The molecule has 0 bridgehead atoms. The summed E-state index contributed by atoms with van der Waals surface area (Å²) < 4.78 is 0. The highest BCUT2D eigenvalue weighted by atomic mass is 16.3. The summed E-state index contributed by atoms with van der Waals surface area (Å²) in [6, 6.07) is 0. The van der Waals surface area contributed by atoms with Crippen molar-refractivity contribution in [1.82, 2.24) is 0 Å². The van der Waals surface area contributed by atoms with Gasteiger partial charge in [-0.1, -0.05) is 5.73 Å². The molecule has 1 rings (SSSR count). The molecule has 48 valence electrons. The molecule has 0 unspecified atom stereocenters. The van der Waals surface area contributed by atoms with Gasteiger partial charge in [0.25, 0.3) is 0 Å². The van der Waals surface area contributed by atoms with Gasteiger partial charge in [0.1, 0.15) is 11.5 Å². The number of aliphatic hydroxyl groups excluding tert-OH is 2. The normalized spacial score (nSPS) is 18.1. The predicted octanol–water partition coefficient (Wildman–Crippen LogP) is 1.82. The third-order valence-electron chi connectivity index (χ3n) is 1.25. The van der Waals surface area contributed by atoms with Crippen molar-refractivity contribution in [3.8, 4) is 0 Å². The molecular formula is C7H8O2. The van der Waals surface area contributed by atoms with Crippen molar-refractivity contribution in [3.05, 3.63) is 28.9 Å². The number of aliphatic hydroxyl groups is 2. The Hall–Kier alpha value is -1.14. The molecule has 0 fully saturated rings. The van der Waals surface area contributed by atoms with E-state index < -0.39 is 0 Å². The first kappa shape index (κ1) is 5.99. The number of hydrogen-bond acceptors (Lipinski definition) is 2.